The Kier molecular flexibility index (Phi) is 3.94. The van der Waals surface area contributed by atoms with E-state index in [4.69, 9.17) is 4.52 Å². The first-order chi connectivity index (χ1) is 12.5. The molecule has 26 heavy (non-hydrogen) atoms. The second-order valence-corrected chi connectivity index (χ2v) is 7.06. The Morgan fingerprint density at radius 2 is 2.12 bits per heavy atom. The maximum absolute atomic E-state index is 13.0. The van der Waals surface area contributed by atoms with Crippen molar-refractivity contribution in [3.05, 3.63) is 52.0 Å². The summed E-state index contributed by atoms with van der Waals surface area (Å²) in [5, 5.41) is 2.23. The molecule has 0 unspecified atom stereocenters. The van der Waals surface area contributed by atoms with Gasteiger partial charge in [0.2, 0.25) is 11.8 Å². The smallest absolute Gasteiger partial charge is 0.280 e. The number of aromatic nitrogens is 1. The van der Waals surface area contributed by atoms with E-state index in [9.17, 15) is 14.4 Å². The number of likely N-dealkylation sites (tertiary alicyclic amines) is 1. The Morgan fingerprint density at radius 1 is 1.31 bits per heavy atom. The standard InChI is InChI=1S/C19H21N3O4/c1-21-15-6-3-2-5-14(15)19(18(21)25)9-4-10-22(12-19)17(24)8-7-13-11-16(23)20-26-13/h2-3,5-6,11H,4,7-10,12H2,1H3,(H,20,23)/t19-/m0/s1. The summed E-state index contributed by atoms with van der Waals surface area (Å²) in [7, 11) is 1.80. The van der Waals surface area contributed by atoms with Crippen LogP contribution < -0.4 is 10.5 Å². The van der Waals surface area contributed by atoms with E-state index in [0.717, 1.165) is 24.1 Å². The van der Waals surface area contributed by atoms with Crippen LogP contribution in [-0.2, 0) is 21.4 Å². The minimum atomic E-state index is -0.639. The number of H-pyrrole nitrogens is 1. The van der Waals surface area contributed by atoms with E-state index in [1.54, 1.807) is 16.8 Å². The Bertz CT molecular complexity index is 915. The number of fused-ring (bicyclic) bond motifs is 2. The number of nitrogens with one attached hydrogen (secondary N) is 1. The van der Waals surface area contributed by atoms with Crippen LogP contribution in [0.2, 0.25) is 0 Å². The first-order valence-corrected chi connectivity index (χ1v) is 8.84. The summed E-state index contributed by atoms with van der Waals surface area (Å²) in [4.78, 5) is 40.3. The summed E-state index contributed by atoms with van der Waals surface area (Å²) < 4.78 is 5.00. The van der Waals surface area contributed by atoms with Crippen molar-refractivity contribution < 1.29 is 14.1 Å². The van der Waals surface area contributed by atoms with Crippen molar-refractivity contribution in [1.29, 1.82) is 0 Å². The highest BCUT2D eigenvalue weighted by Crippen LogP contribution is 2.46. The lowest BCUT2D eigenvalue weighted by Crippen LogP contribution is -2.53. The largest absolute Gasteiger partial charge is 0.384 e. The lowest BCUT2D eigenvalue weighted by atomic mass is 9.75. The monoisotopic (exact) mass is 355 g/mol. The number of amides is 2. The van der Waals surface area contributed by atoms with Gasteiger partial charge in [-0.2, -0.15) is 5.16 Å². The molecule has 1 spiro atoms. The second-order valence-electron chi connectivity index (χ2n) is 7.06. The summed E-state index contributed by atoms with van der Waals surface area (Å²) in [5.74, 6) is 0.512. The number of aryl methyl sites for hydroxylation is 1. The Morgan fingerprint density at radius 3 is 2.88 bits per heavy atom. The molecule has 2 aromatic rings. The van der Waals surface area contributed by atoms with E-state index < -0.39 is 5.41 Å². The van der Waals surface area contributed by atoms with Gasteiger partial charge in [-0.3, -0.25) is 14.4 Å². The minimum absolute atomic E-state index is 0.0206. The van der Waals surface area contributed by atoms with E-state index in [-0.39, 0.29) is 23.8 Å². The number of benzene rings is 1. The van der Waals surface area contributed by atoms with Gasteiger partial charge in [0.15, 0.2) is 0 Å². The van der Waals surface area contributed by atoms with Crippen LogP contribution in [0.1, 0.15) is 30.6 Å². The van der Waals surface area contributed by atoms with Crippen LogP contribution in [0.25, 0.3) is 0 Å². The van der Waals surface area contributed by atoms with Gasteiger partial charge in [0, 0.05) is 44.7 Å². The maximum atomic E-state index is 13.0. The first kappa shape index (κ1) is 16.6. The van der Waals surface area contributed by atoms with Gasteiger partial charge in [0.05, 0.1) is 5.41 Å². The summed E-state index contributed by atoms with van der Waals surface area (Å²) >= 11 is 0. The van der Waals surface area contributed by atoms with Crippen molar-refractivity contribution in [2.75, 3.05) is 25.0 Å². The van der Waals surface area contributed by atoms with Crippen LogP contribution in [0.15, 0.2) is 39.6 Å². The number of carbonyl (C=O) groups excluding carboxylic acids is 2. The van der Waals surface area contributed by atoms with Gasteiger partial charge in [0.1, 0.15) is 5.76 Å². The molecular formula is C19H21N3O4. The van der Waals surface area contributed by atoms with Gasteiger partial charge in [-0.25, -0.2) is 0 Å². The average Bonchev–Trinajstić information content (AvgIpc) is 3.17. The molecule has 2 amide bonds. The highest BCUT2D eigenvalue weighted by molar-refractivity contribution is 6.08. The van der Waals surface area contributed by atoms with Crippen molar-refractivity contribution >= 4 is 17.5 Å². The van der Waals surface area contributed by atoms with Crippen molar-refractivity contribution in [1.82, 2.24) is 10.1 Å². The predicted octanol–water partition coefficient (Wildman–Crippen LogP) is 1.44. The third kappa shape index (κ3) is 2.55. The van der Waals surface area contributed by atoms with Gasteiger partial charge >= 0.3 is 0 Å². The number of hydrogen-bond acceptors (Lipinski definition) is 4. The highest BCUT2D eigenvalue weighted by atomic mass is 16.5. The van der Waals surface area contributed by atoms with Crippen LogP contribution in [0.5, 0.6) is 0 Å². The number of likely N-dealkylation sites (N-methyl/N-ethyl adjacent to an activating group) is 1. The molecule has 7 heteroatoms. The number of carbonyl (C=O) groups is 2. The van der Waals surface area contributed by atoms with Crippen molar-refractivity contribution in [2.24, 2.45) is 0 Å². The third-order valence-corrected chi connectivity index (χ3v) is 5.50. The molecule has 0 saturated carbocycles. The molecular weight excluding hydrogens is 334 g/mol. The molecule has 1 fully saturated rings. The average molecular weight is 355 g/mol. The summed E-state index contributed by atoms with van der Waals surface area (Å²) in [5.41, 5.74) is 1.00. The molecule has 2 aliphatic rings. The zero-order valence-corrected chi connectivity index (χ0v) is 14.7. The fourth-order valence-electron chi connectivity index (χ4n) is 4.21. The number of nitrogens with zero attached hydrogens (tertiary/aromatic N) is 2. The van der Waals surface area contributed by atoms with Crippen LogP contribution in [0, 0.1) is 0 Å². The number of aromatic amines is 1. The van der Waals surface area contributed by atoms with Crippen molar-refractivity contribution in [2.45, 2.75) is 31.1 Å². The van der Waals surface area contributed by atoms with Gasteiger partial charge in [-0.1, -0.05) is 18.2 Å². The molecule has 0 radical (unpaired) electrons. The van der Waals surface area contributed by atoms with Crippen LogP contribution in [-0.4, -0.2) is 42.0 Å². The fourth-order valence-corrected chi connectivity index (χ4v) is 4.21. The van der Waals surface area contributed by atoms with Gasteiger partial charge in [-0.15, -0.1) is 0 Å². The first-order valence-electron chi connectivity index (χ1n) is 8.84. The Labute approximate surface area is 150 Å². The molecule has 1 saturated heterocycles. The van der Waals surface area contributed by atoms with Crippen LogP contribution in [0.4, 0.5) is 5.69 Å². The van der Waals surface area contributed by atoms with Gasteiger partial charge in [0.25, 0.3) is 5.56 Å². The molecule has 1 aromatic carbocycles. The molecule has 136 valence electrons. The summed E-state index contributed by atoms with van der Waals surface area (Å²) in [6.07, 6.45) is 2.16. The van der Waals surface area contributed by atoms with Gasteiger partial charge < -0.3 is 14.3 Å². The number of piperidine rings is 1. The predicted molar refractivity (Wildman–Crippen MR) is 95.0 cm³/mol. The SMILES string of the molecule is CN1C(=O)[C@]2(CCCN(C(=O)CCc3cc(=O)[nH]o3)C2)c2ccccc21. The molecule has 4 rings (SSSR count). The molecule has 0 bridgehead atoms. The number of rotatable bonds is 3. The summed E-state index contributed by atoms with van der Waals surface area (Å²) in [6.45, 7) is 1.06. The summed E-state index contributed by atoms with van der Waals surface area (Å²) in [6, 6.07) is 9.19. The molecule has 1 atom stereocenters. The normalized spacial score (nSPS) is 22.1. The van der Waals surface area contributed by atoms with E-state index in [1.165, 1.54) is 6.07 Å². The lowest BCUT2D eigenvalue weighted by Gasteiger charge is -2.39. The molecule has 3 heterocycles. The third-order valence-electron chi connectivity index (χ3n) is 5.50. The molecule has 2 aliphatic heterocycles. The van der Waals surface area contributed by atoms with Crippen molar-refractivity contribution in [3.63, 3.8) is 0 Å². The number of para-hydroxylation sites is 1. The zero-order valence-electron chi connectivity index (χ0n) is 14.7. The molecule has 1 aromatic heterocycles. The minimum Gasteiger partial charge on any atom is -0.384 e. The van der Waals surface area contributed by atoms with E-state index >= 15 is 0 Å². The van der Waals surface area contributed by atoms with Gasteiger partial charge in [-0.05, 0) is 24.5 Å². The van der Waals surface area contributed by atoms with E-state index in [0.29, 0.717) is 25.3 Å². The molecule has 0 aliphatic carbocycles. The highest BCUT2D eigenvalue weighted by Gasteiger charge is 2.52. The number of anilines is 1. The quantitative estimate of drug-likeness (QED) is 0.903. The van der Waals surface area contributed by atoms with Crippen LogP contribution >= 0.6 is 0 Å². The lowest BCUT2D eigenvalue weighted by molar-refractivity contribution is -0.136. The van der Waals surface area contributed by atoms with E-state index in [1.807, 2.05) is 24.3 Å². The number of hydrogen-bond donors (Lipinski definition) is 1. The second kappa shape index (κ2) is 6.16. The Balaban J connectivity index is 1.53. The molecule has 7 nitrogen and oxygen atoms in total. The molecule has 1 N–H and O–H groups in total. The zero-order chi connectivity index (χ0) is 18.3. The fraction of sp³-hybridized carbons (Fsp3) is 0.421. The Hall–Kier alpha value is -2.83. The van der Waals surface area contributed by atoms with Crippen molar-refractivity contribution in [3.8, 4) is 0 Å². The topological polar surface area (TPSA) is 86.6 Å². The maximum Gasteiger partial charge on any atom is 0.280 e. The van der Waals surface area contributed by atoms with E-state index in [2.05, 4.69) is 5.16 Å². The van der Waals surface area contributed by atoms with Crippen LogP contribution in [0.3, 0.4) is 0 Å².